The summed E-state index contributed by atoms with van der Waals surface area (Å²) in [7, 11) is 3.13. The van der Waals surface area contributed by atoms with Crippen LogP contribution in [0.4, 0.5) is 0 Å². The molecular weight excluding hydrogens is 472 g/mol. The zero-order valence-electron chi connectivity index (χ0n) is 16.6. The standard InChI is InChI=1S/C20H21BrN4O4S/c1-27-14-10-13(11-15(28-2)18(14)21)20(26)25-7-5-24(6-8-25)12-17-22-19(23-29-17)16-4-3-9-30-16/h3-4,9-11H,5-8,12H2,1-2H3. The minimum absolute atomic E-state index is 0.0449. The van der Waals surface area contributed by atoms with Crippen molar-refractivity contribution in [3.05, 3.63) is 45.6 Å². The van der Waals surface area contributed by atoms with Crippen molar-refractivity contribution in [2.24, 2.45) is 0 Å². The van der Waals surface area contributed by atoms with Crippen molar-refractivity contribution in [1.29, 1.82) is 0 Å². The van der Waals surface area contributed by atoms with Crippen molar-refractivity contribution in [1.82, 2.24) is 19.9 Å². The zero-order valence-corrected chi connectivity index (χ0v) is 19.0. The van der Waals surface area contributed by atoms with Gasteiger partial charge in [-0.25, -0.2) is 0 Å². The lowest BCUT2D eigenvalue weighted by molar-refractivity contribution is 0.0614. The first-order valence-corrected chi connectivity index (χ1v) is 11.1. The van der Waals surface area contributed by atoms with Crippen LogP contribution in [0.2, 0.25) is 0 Å². The van der Waals surface area contributed by atoms with E-state index in [2.05, 4.69) is 31.0 Å². The van der Waals surface area contributed by atoms with Crippen molar-refractivity contribution in [3.8, 4) is 22.2 Å². The molecule has 8 nitrogen and oxygen atoms in total. The van der Waals surface area contributed by atoms with E-state index in [0.717, 1.165) is 18.0 Å². The van der Waals surface area contributed by atoms with E-state index in [9.17, 15) is 4.79 Å². The largest absolute Gasteiger partial charge is 0.495 e. The maximum atomic E-state index is 13.0. The highest BCUT2D eigenvalue weighted by Crippen LogP contribution is 2.36. The van der Waals surface area contributed by atoms with Gasteiger partial charge in [-0.15, -0.1) is 11.3 Å². The summed E-state index contributed by atoms with van der Waals surface area (Å²) < 4.78 is 16.8. The third kappa shape index (κ3) is 4.35. The quantitative estimate of drug-likeness (QED) is 0.520. The molecule has 30 heavy (non-hydrogen) atoms. The van der Waals surface area contributed by atoms with Crippen LogP contribution in [0.1, 0.15) is 16.2 Å². The van der Waals surface area contributed by atoms with Crippen molar-refractivity contribution >= 4 is 33.2 Å². The van der Waals surface area contributed by atoms with Crippen molar-refractivity contribution in [3.63, 3.8) is 0 Å². The van der Waals surface area contributed by atoms with Gasteiger partial charge < -0.3 is 18.9 Å². The number of benzene rings is 1. The number of rotatable bonds is 6. The van der Waals surface area contributed by atoms with Gasteiger partial charge in [0.25, 0.3) is 5.91 Å². The Bertz CT molecular complexity index is 991. The number of halogens is 1. The molecule has 0 saturated carbocycles. The van der Waals surface area contributed by atoms with Gasteiger partial charge in [0.2, 0.25) is 11.7 Å². The predicted octanol–water partition coefficient (Wildman–Crippen LogP) is 3.54. The molecule has 1 aliphatic rings. The van der Waals surface area contributed by atoms with Gasteiger partial charge in [0, 0.05) is 31.7 Å². The zero-order chi connectivity index (χ0) is 21.1. The molecule has 1 fully saturated rings. The van der Waals surface area contributed by atoms with E-state index in [1.807, 2.05) is 22.4 Å². The molecule has 2 aromatic heterocycles. The van der Waals surface area contributed by atoms with Gasteiger partial charge in [-0.2, -0.15) is 4.98 Å². The van der Waals surface area contributed by atoms with E-state index >= 15 is 0 Å². The van der Waals surface area contributed by atoms with Gasteiger partial charge >= 0.3 is 0 Å². The van der Waals surface area contributed by atoms with Crippen LogP contribution in [0.15, 0.2) is 38.6 Å². The highest BCUT2D eigenvalue weighted by atomic mass is 79.9. The van der Waals surface area contributed by atoms with Crippen LogP contribution in [0, 0.1) is 0 Å². The number of amides is 1. The van der Waals surface area contributed by atoms with Crippen LogP contribution in [-0.2, 0) is 6.54 Å². The summed E-state index contributed by atoms with van der Waals surface area (Å²) in [6, 6.07) is 7.39. The molecule has 4 rings (SSSR count). The molecule has 0 radical (unpaired) electrons. The molecule has 0 atom stereocenters. The number of aromatic nitrogens is 2. The number of hydrogen-bond donors (Lipinski definition) is 0. The van der Waals surface area contributed by atoms with Crippen LogP contribution >= 0.6 is 27.3 Å². The monoisotopic (exact) mass is 492 g/mol. The van der Waals surface area contributed by atoms with Gasteiger partial charge in [-0.3, -0.25) is 9.69 Å². The third-order valence-corrected chi connectivity index (χ3v) is 6.57. The van der Waals surface area contributed by atoms with Crippen LogP contribution in [-0.4, -0.2) is 66.2 Å². The number of nitrogens with zero attached hydrogens (tertiary/aromatic N) is 4. The van der Waals surface area contributed by atoms with Crippen LogP contribution < -0.4 is 9.47 Å². The number of piperazine rings is 1. The summed E-state index contributed by atoms with van der Waals surface area (Å²) in [5.74, 6) is 2.28. The molecule has 1 aliphatic heterocycles. The molecule has 3 heterocycles. The first-order chi connectivity index (χ1) is 14.6. The fourth-order valence-corrected chi connectivity index (χ4v) is 4.50. The Kier molecular flexibility index (Phi) is 6.35. The third-order valence-electron chi connectivity index (χ3n) is 4.92. The van der Waals surface area contributed by atoms with Gasteiger partial charge in [-0.1, -0.05) is 11.2 Å². The molecule has 1 aromatic carbocycles. The van der Waals surface area contributed by atoms with Crippen molar-refractivity contribution < 1.29 is 18.8 Å². The number of thiophene rings is 1. The summed E-state index contributed by atoms with van der Waals surface area (Å²) in [4.78, 5) is 22.5. The highest BCUT2D eigenvalue weighted by molar-refractivity contribution is 9.10. The number of carbonyl (C=O) groups excluding carboxylic acids is 1. The predicted molar refractivity (Wildman–Crippen MR) is 116 cm³/mol. The Morgan fingerprint density at radius 3 is 2.50 bits per heavy atom. The second-order valence-corrected chi connectivity index (χ2v) is 8.49. The number of methoxy groups -OCH3 is 2. The molecule has 0 aliphatic carbocycles. The Balaban J connectivity index is 1.37. The van der Waals surface area contributed by atoms with Gasteiger partial charge in [-0.05, 0) is 39.5 Å². The highest BCUT2D eigenvalue weighted by Gasteiger charge is 2.25. The molecular formula is C20H21BrN4O4S. The Hall–Kier alpha value is -2.43. The molecule has 1 saturated heterocycles. The van der Waals surface area contributed by atoms with Gasteiger partial charge in [0.05, 0.1) is 25.6 Å². The number of ether oxygens (including phenoxy) is 2. The van der Waals surface area contributed by atoms with E-state index < -0.39 is 0 Å². The Morgan fingerprint density at radius 1 is 1.20 bits per heavy atom. The second-order valence-electron chi connectivity index (χ2n) is 6.75. The molecule has 0 spiro atoms. The van der Waals surface area contributed by atoms with E-state index in [4.69, 9.17) is 14.0 Å². The summed E-state index contributed by atoms with van der Waals surface area (Å²) in [5, 5.41) is 6.04. The molecule has 3 aromatic rings. The topological polar surface area (TPSA) is 80.9 Å². The lowest BCUT2D eigenvalue weighted by atomic mass is 10.1. The lowest BCUT2D eigenvalue weighted by Crippen LogP contribution is -2.48. The maximum Gasteiger partial charge on any atom is 0.254 e. The minimum Gasteiger partial charge on any atom is -0.495 e. The average molecular weight is 493 g/mol. The molecule has 158 valence electrons. The Morgan fingerprint density at radius 2 is 1.90 bits per heavy atom. The first kappa shape index (κ1) is 20.8. The summed E-state index contributed by atoms with van der Waals surface area (Å²) in [5.41, 5.74) is 0.540. The van der Waals surface area contributed by atoms with E-state index in [1.54, 1.807) is 37.7 Å². The van der Waals surface area contributed by atoms with Gasteiger partial charge in [0.15, 0.2) is 0 Å². The summed E-state index contributed by atoms with van der Waals surface area (Å²) >= 11 is 5.01. The van der Waals surface area contributed by atoms with Crippen LogP contribution in [0.25, 0.3) is 10.7 Å². The van der Waals surface area contributed by atoms with E-state index in [1.165, 1.54) is 0 Å². The fraction of sp³-hybridized carbons (Fsp3) is 0.350. The van der Waals surface area contributed by atoms with E-state index in [-0.39, 0.29) is 5.91 Å². The van der Waals surface area contributed by atoms with Gasteiger partial charge in [0.1, 0.15) is 16.0 Å². The van der Waals surface area contributed by atoms with Crippen LogP contribution in [0.5, 0.6) is 11.5 Å². The smallest absolute Gasteiger partial charge is 0.254 e. The second kappa shape index (κ2) is 9.15. The molecule has 10 heteroatoms. The van der Waals surface area contributed by atoms with Crippen LogP contribution in [0.3, 0.4) is 0 Å². The average Bonchev–Trinajstić information content (AvgIpc) is 3.46. The molecule has 0 bridgehead atoms. The maximum absolute atomic E-state index is 13.0. The number of carbonyl (C=O) groups is 1. The minimum atomic E-state index is -0.0449. The SMILES string of the molecule is COc1cc(C(=O)N2CCN(Cc3nc(-c4cccs4)no3)CC2)cc(OC)c1Br. The number of hydrogen-bond acceptors (Lipinski definition) is 8. The Labute approximate surface area is 186 Å². The first-order valence-electron chi connectivity index (χ1n) is 9.38. The summed E-state index contributed by atoms with van der Waals surface area (Å²) in [6.45, 7) is 3.26. The lowest BCUT2D eigenvalue weighted by Gasteiger charge is -2.34. The fourth-order valence-electron chi connectivity index (χ4n) is 3.30. The van der Waals surface area contributed by atoms with E-state index in [0.29, 0.717) is 52.9 Å². The van der Waals surface area contributed by atoms with Crippen molar-refractivity contribution in [2.75, 3.05) is 40.4 Å². The molecule has 0 unspecified atom stereocenters. The molecule has 0 N–H and O–H groups in total. The van der Waals surface area contributed by atoms with Crippen molar-refractivity contribution in [2.45, 2.75) is 6.54 Å². The normalized spacial score (nSPS) is 14.7. The molecule has 1 amide bonds. The summed E-state index contributed by atoms with van der Waals surface area (Å²) in [6.07, 6.45) is 0.